The molecule has 3 rings (SSSR count). The van der Waals surface area contributed by atoms with Gasteiger partial charge in [0.2, 0.25) is 0 Å². The number of anilines is 1. The summed E-state index contributed by atoms with van der Waals surface area (Å²) in [5.41, 5.74) is 8.15. The molecule has 16 heavy (non-hydrogen) atoms. The fourth-order valence-corrected chi connectivity index (χ4v) is 2.74. The van der Waals surface area contributed by atoms with Crippen LogP contribution in [0.25, 0.3) is 11.6 Å². The van der Waals surface area contributed by atoms with Crippen molar-refractivity contribution in [3.05, 3.63) is 33.4 Å². The van der Waals surface area contributed by atoms with Gasteiger partial charge in [-0.2, -0.15) is 0 Å². The monoisotopic (exact) mass is 346 g/mol. The summed E-state index contributed by atoms with van der Waals surface area (Å²) in [4.78, 5) is 4.34. The third-order valence-electron chi connectivity index (χ3n) is 2.63. The number of fused-ring (bicyclic) bond motifs is 2. The second-order valence-electron chi connectivity index (χ2n) is 3.50. The van der Waals surface area contributed by atoms with Gasteiger partial charge in [0.15, 0.2) is 5.13 Å². The maximum Gasteiger partial charge on any atom is 0.181 e. The van der Waals surface area contributed by atoms with E-state index < -0.39 is 0 Å². The number of allylic oxidation sites excluding steroid dienone is 3. The minimum atomic E-state index is 0. The average Bonchev–Trinajstić information content (AvgIpc) is 2.72. The van der Waals surface area contributed by atoms with Crippen LogP contribution in [0.5, 0.6) is 0 Å². The van der Waals surface area contributed by atoms with Gasteiger partial charge in [-0.25, -0.2) is 4.98 Å². The molecule has 0 unspecified atom stereocenters. The molecule has 84 valence electrons. The molecule has 1 heterocycles. The molecule has 0 radical (unpaired) electrons. The molecule has 3 nitrogen and oxygen atoms in total. The second kappa shape index (κ2) is 4.21. The van der Waals surface area contributed by atoms with Crippen LogP contribution in [-0.4, -0.2) is 12.1 Å². The number of nitrogens with zero attached hydrogens (tertiary/aromatic N) is 1. The van der Waals surface area contributed by atoms with Crippen LogP contribution in [0.4, 0.5) is 5.13 Å². The highest BCUT2D eigenvalue weighted by Crippen LogP contribution is 2.26. The van der Waals surface area contributed by atoms with E-state index in [0.29, 0.717) is 5.13 Å². The molecular formula is C11H11IN2OS. The van der Waals surface area contributed by atoms with E-state index in [1.165, 1.54) is 27.0 Å². The third-order valence-corrected chi connectivity index (χ3v) is 3.46. The number of halogens is 1. The minimum absolute atomic E-state index is 0. The van der Waals surface area contributed by atoms with Crippen molar-refractivity contribution in [1.29, 1.82) is 0 Å². The summed E-state index contributed by atoms with van der Waals surface area (Å²) in [6.45, 7) is 0. The van der Waals surface area contributed by atoms with Gasteiger partial charge in [-0.15, -0.1) is 24.0 Å². The van der Waals surface area contributed by atoms with Crippen molar-refractivity contribution in [2.24, 2.45) is 0 Å². The minimum Gasteiger partial charge on any atom is -0.497 e. The lowest BCUT2D eigenvalue weighted by Crippen LogP contribution is -2.19. The lowest BCUT2D eigenvalue weighted by atomic mass is 10.0. The zero-order valence-electron chi connectivity index (χ0n) is 8.69. The Hall–Kier alpha value is -0.820. The maximum atomic E-state index is 5.68. The average molecular weight is 346 g/mol. The Kier molecular flexibility index (Phi) is 3.07. The first kappa shape index (κ1) is 11.7. The van der Waals surface area contributed by atoms with Crippen LogP contribution in [0.2, 0.25) is 0 Å². The number of nitrogen functional groups attached to an aromatic ring is 1. The molecule has 0 spiro atoms. The maximum absolute atomic E-state index is 5.68. The fraction of sp³-hybridized carbons (Fsp3) is 0.182. The molecule has 2 N–H and O–H groups in total. The van der Waals surface area contributed by atoms with Crippen molar-refractivity contribution in [1.82, 2.24) is 4.98 Å². The summed E-state index contributed by atoms with van der Waals surface area (Å²) in [5.74, 6) is 0.924. The molecule has 0 bridgehead atoms. The van der Waals surface area contributed by atoms with Crippen LogP contribution in [-0.2, 0) is 4.74 Å². The second-order valence-corrected chi connectivity index (χ2v) is 4.56. The van der Waals surface area contributed by atoms with Crippen molar-refractivity contribution in [2.45, 2.75) is 6.42 Å². The quantitative estimate of drug-likeness (QED) is 0.776. The molecule has 0 saturated heterocycles. The van der Waals surface area contributed by atoms with Crippen LogP contribution >= 0.6 is 35.3 Å². The van der Waals surface area contributed by atoms with Crippen LogP contribution in [0.3, 0.4) is 0 Å². The number of hydrogen-bond donors (Lipinski definition) is 1. The summed E-state index contributed by atoms with van der Waals surface area (Å²) in [6, 6.07) is 0. The number of ether oxygens (including phenoxy) is 1. The van der Waals surface area contributed by atoms with Crippen molar-refractivity contribution in [3.63, 3.8) is 0 Å². The van der Waals surface area contributed by atoms with Gasteiger partial charge in [-0.3, -0.25) is 0 Å². The van der Waals surface area contributed by atoms with Gasteiger partial charge in [0, 0.05) is 0 Å². The largest absolute Gasteiger partial charge is 0.497 e. The normalized spacial score (nSPS) is 16.4. The molecule has 0 aromatic carbocycles. The Morgan fingerprint density at radius 3 is 3.00 bits per heavy atom. The van der Waals surface area contributed by atoms with E-state index in [4.69, 9.17) is 10.5 Å². The first-order chi connectivity index (χ1) is 7.28. The van der Waals surface area contributed by atoms with E-state index in [1.54, 1.807) is 7.11 Å². The van der Waals surface area contributed by atoms with Crippen molar-refractivity contribution in [2.75, 3.05) is 12.8 Å². The molecule has 0 fully saturated rings. The molecule has 1 aromatic rings. The standard InChI is InChI=1S/C11H10N2OS.HI/c1-14-7-2-3-8-6(4-7)5-9-10(8)13-11(12)15-9;/h2,4-5H,3H2,1H3,(H2,12,13);1H. The molecule has 0 aliphatic heterocycles. The third kappa shape index (κ3) is 1.67. The van der Waals surface area contributed by atoms with E-state index in [0.717, 1.165) is 17.5 Å². The van der Waals surface area contributed by atoms with Gasteiger partial charge < -0.3 is 10.5 Å². The van der Waals surface area contributed by atoms with Gasteiger partial charge in [-0.05, 0) is 35.8 Å². The van der Waals surface area contributed by atoms with Crippen molar-refractivity contribution >= 4 is 52.1 Å². The van der Waals surface area contributed by atoms with Crippen LogP contribution < -0.4 is 15.6 Å². The van der Waals surface area contributed by atoms with Gasteiger partial charge in [-0.1, -0.05) is 11.3 Å². The molecule has 0 amide bonds. The summed E-state index contributed by atoms with van der Waals surface area (Å²) < 4.78 is 6.37. The predicted octanol–water partition coefficient (Wildman–Crippen LogP) is 1.15. The predicted molar refractivity (Wildman–Crippen MR) is 76.9 cm³/mol. The fourth-order valence-electron chi connectivity index (χ4n) is 1.93. The van der Waals surface area contributed by atoms with Gasteiger partial charge in [0.1, 0.15) is 5.76 Å². The molecule has 0 saturated carbocycles. The lowest BCUT2D eigenvalue weighted by Gasteiger charge is -2.10. The zero-order chi connectivity index (χ0) is 10.4. The Morgan fingerprint density at radius 2 is 2.25 bits per heavy atom. The highest BCUT2D eigenvalue weighted by molar-refractivity contribution is 14.0. The Morgan fingerprint density at radius 1 is 1.44 bits per heavy atom. The van der Waals surface area contributed by atoms with E-state index in [9.17, 15) is 0 Å². The topological polar surface area (TPSA) is 48.1 Å². The molecule has 1 aromatic heterocycles. The summed E-state index contributed by atoms with van der Waals surface area (Å²) in [7, 11) is 1.69. The molecular weight excluding hydrogens is 335 g/mol. The van der Waals surface area contributed by atoms with E-state index in [2.05, 4.69) is 17.1 Å². The number of thiazole rings is 1. The lowest BCUT2D eigenvalue weighted by molar-refractivity contribution is 0.305. The summed E-state index contributed by atoms with van der Waals surface area (Å²) in [5, 5.41) is 1.69. The number of methoxy groups -OCH3 is 1. The molecule has 5 heteroatoms. The zero-order valence-corrected chi connectivity index (χ0v) is 11.8. The SMILES string of the molecule is COC1=CCC2=c3nc(N)sc3=CC2=C1.I. The highest BCUT2D eigenvalue weighted by Gasteiger charge is 2.17. The van der Waals surface area contributed by atoms with Crippen LogP contribution in [0.15, 0.2) is 23.5 Å². The smallest absolute Gasteiger partial charge is 0.181 e. The highest BCUT2D eigenvalue weighted by atomic mass is 127. The Bertz CT molecular complexity index is 612. The number of aromatic nitrogens is 1. The molecule has 2 aliphatic carbocycles. The molecule has 2 aliphatic rings. The first-order valence-electron chi connectivity index (χ1n) is 4.71. The van der Waals surface area contributed by atoms with Crippen LogP contribution in [0, 0.1) is 0 Å². The number of nitrogens with two attached hydrogens (primary N) is 1. The van der Waals surface area contributed by atoms with Crippen LogP contribution in [0.1, 0.15) is 6.42 Å². The summed E-state index contributed by atoms with van der Waals surface area (Å²) in [6.07, 6.45) is 7.12. The van der Waals surface area contributed by atoms with Gasteiger partial charge >= 0.3 is 0 Å². The van der Waals surface area contributed by atoms with Gasteiger partial charge in [0.05, 0.1) is 17.0 Å². The van der Waals surface area contributed by atoms with E-state index in [-0.39, 0.29) is 24.0 Å². The number of hydrogen-bond acceptors (Lipinski definition) is 4. The number of rotatable bonds is 1. The van der Waals surface area contributed by atoms with Crippen molar-refractivity contribution < 1.29 is 4.74 Å². The van der Waals surface area contributed by atoms with Crippen molar-refractivity contribution in [3.8, 4) is 0 Å². The Labute approximate surface area is 114 Å². The van der Waals surface area contributed by atoms with Gasteiger partial charge in [0.25, 0.3) is 0 Å². The Balaban J connectivity index is 0.000000963. The first-order valence-corrected chi connectivity index (χ1v) is 5.53. The van der Waals surface area contributed by atoms with E-state index in [1.807, 2.05) is 6.08 Å². The summed E-state index contributed by atoms with van der Waals surface area (Å²) >= 11 is 1.54. The van der Waals surface area contributed by atoms with E-state index >= 15 is 0 Å². The molecule has 0 atom stereocenters.